The average Bonchev–Trinajstić information content (AvgIpc) is 3.06. The second-order valence-corrected chi connectivity index (χ2v) is 7.36. The molecule has 3 heteroatoms. The van der Waals surface area contributed by atoms with Gasteiger partial charge in [-0.2, -0.15) is 0 Å². The van der Waals surface area contributed by atoms with E-state index in [1.807, 2.05) is 0 Å². The summed E-state index contributed by atoms with van der Waals surface area (Å²) in [5.74, 6) is 2.66. The van der Waals surface area contributed by atoms with Gasteiger partial charge < -0.3 is 9.64 Å². The Morgan fingerprint density at radius 2 is 1.87 bits per heavy atom. The predicted octanol–water partition coefficient (Wildman–Crippen LogP) is 4.02. The molecule has 0 bridgehead atoms. The number of hydrogen-bond donors (Lipinski definition) is 0. The van der Waals surface area contributed by atoms with Crippen LogP contribution in [0.3, 0.4) is 0 Å². The fourth-order valence-corrected chi connectivity index (χ4v) is 3.97. The lowest BCUT2D eigenvalue weighted by molar-refractivity contribution is 0.132. The quantitative estimate of drug-likeness (QED) is 0.741. The van der Waals surface area contributed by atoms with Crippen LogP contribution in [0, 0.1) is 11.8 Å². The third-order valence-corrected chi connectivity index (χ3v) is 4.89. The molecule has 23 heavy (non-hydrogen) atoms. The van der Waals surface area contributed by atoms with E-state index >= 15 is 0 Å². The van der Waals surface area contributed by atoms with Crippen LogP contribution in [0.5, 0.6) is 5.75 Å². The third kappa shape index (κ3) is 4.81. The zero-order valence-electron chi connectivity index (χ0n) is 14.6. The minimum absolute atomic E-state index is 0.805. The number of likely N-dealkylation sites (tertiary alicyclic amines) is 1. The lowest BCUT2D eigenvalue weighted by Crippen LogP contribution is -2.39. The van der Waals surface area contributed by atoms with Gasteiger partial charge in [0.15, 0.2) is 0 Å². The molecule has 0 saturated carbocycles. The number of benzene rings is 1. The van der Waals surface area contributed by atoms with E-state index in [9.17, 15) is 0 Å². The second-order valence-electron chi connectivity index (χ2n) is 7.36. The van der Waals surface area contributed by atoms with Crippen molar-refractivity contribution in [2.45, 2.75) is 39.5 Å². The molecule has 0 amide bonds. The Bertz CT molecular complexity index is 513. The van der Waals surface area contributed by atoms with Gasteiger partial charge in [0, 0.05) is 31.9 Å². The molecule has 2 heterocycles. The molecular weight excluding hydrogens is 284 g/mol. The fourth-order valence-electron chi connectivity index (χ4n) is 3.97. The monoisotopic (exact) mass is 314 g/mol. The van der Waals surface area contributed by atoms with E-state index in [2.05, 4.69) is 48.0 Å². The van der Waals surface area contributed by atoms with Crippen LogP contribution < -0.4 is 4.74 Å². The van der Waals surface area contributed by atoms with Crippen LogP contribution in [0.1, 0.15) is 45.1 Å². The van der Waals surface area contributed by atoms with Gasteiger partial charge in [-0.25, -0.2) is 0 Å². The zero-order valence-corrected chi connectivity index (χ0v) is 14.6. The summed E-state index contributed by atoms with van der Waals surface area (Å²) in [6.45, 7) is 10.2. The van der Waals surface area contributed by atoms with Crippen molar-refractivity contribution >= 4 is 5.71 Å². The molecule has 2 aliphatic heterocycles. The fraction of sp³-hybridized carbons (Fsp3) is 0.650. The Labute approximate surface area is 140 Å². The first-order chi connectivity index (χ1) is 11.2. The minimum Gasteiger partial charge on any atom is -0.494 e. The Morgan fingerprint density at radius 1 is 1.13 bits per heavy atom. The summed E-state index contributed by atoms with van der Waals surface area (Å²) in [4.78, 5) is 7.15. The van der Waals surface area contributed by atoms with E-state index in [4.69, 9.17) is 4.74 Å². The van der Waals surface area contributed by atoms with Gasteiger partial charge in [-0.05, 0) is 67.3 Å². The summed E-state index contributed by atoms with van der Waals surface area (Å²) in [6, 6.07) is 8.46. The number of piperidine rings is 1. The van der Waals surface area contributed by atoms with Crippen LogP contribution in [0.15, 0.2) is 29.3 Å². The van der Waals surface area contributed by atoms with Gasteiger partial charge in [0.05, 0.1) is 6.61 Å². The van der Waals surface area contributed by atoms with Crippen molar-refractivity contribution in [3.05, 3.63) is 29.8 Å². The molecule has 1 unspecified atom stereocenters. The topological polar surface area (TPSA) is 24.8 Å². The molecule has 0 radical (unpaired) electrons. The lowest BCUT2D eigenvalue weighted by Gasteiger charge is -2.34. The Morgan fingerprint density at radius 3 is 2.52 bits per heavy atom. The van der Waals surface area contributed by atoms with Crippen molar-refractivity contribution in [3.63, 3.8) is 0 Å². The molecular formula is C20H30N2O. The molecule has 2 atom stereocenters. The maximum absolute atomic E-state index is 5.90. The van der Waals surface area contributed by atoms with Crippen molar-refractivity contribution in [1.82, 2.24) is 4.90 Å². The molecule has 1 aromatic rings. The molecule has 1 fully saturated rings. The molecule has 3 nitrogen and oxygen atoms in total. The molecule has 126 valence electrons. The van der Waals surface area contributed by atoms with Crippen LogP contribution >= 0.6 is 0 Å². The van der Waals surface area contributed by atoms with E-state index in [1.54, 1.807) is 0 Å². The number of hydrogen-bond acceptors (Lipinski definition) is 3. The van der Waals surface area contributed by atoms with Crippen molar-refractivity contribution in [2.75, 3.05) is 32.8 Å². The maximum Gasteiger partial charge on any atom is 0.119 e. The molecule has 1 saturated heterocycles. The molecule has 1 aromatic carbocycles. The van der Waals surface area contributed by atoms with Crippen molar-refractivity contribution < 1.29 is 4.74 Å². The molecule has 0 aliphatic carbocycles. The third-order valence-electron chi connectivity index (χ3n) is 4.89. The van der Waals surface area contributed by atoms with Crippen molar-refractivity contribution in [2.24, 2.45) is 16.8 Å². The highest BCUT2D eigenvalue weighted by Gasteiger charge is 2.21. The largest absolute Gasteiger partial charge is 0.494 e. The highest BCUT2D eigenvalue weighted by molar-refractivity contribution is 6.01. The second kappa shape index (κ2) is 7.96. The first kappa shape index (κ1) is 16.5. The van der Waals surface area contributed by atoms with Crippen LogP contribution in [-0.4, -0.2) is 43.4 Å². The number of aliphatic imine (C=N–C) groups is 1. The van der Waals surface area contributed by atoms with E-state index in [0.717, 1.165) is 50.1 Å². The van der Waals surface area contributed by atoms with Crippen LogP contribution in [-0.2, 0) is 0 Å². The van der Waals surface area contributed by atoms with E-state index in [-0.39, 0.29) is 0 Å². The van der Waals surface area contributed by atoms with E-state index in [1.165, 1.54) is 37.2 Å². The maximum atomic E-state index is 5.90. The van der Waals surface area contributed by atoms with Crippen LogP contribution in [0.2, 0.25) is 0 Å². The number of ether oxygens (including phenoxy) is 1. The molecule has 0 aromatic heterocycles. The van der Waals surface area contributed by atoms with Gasteiger partial charge in [0.2, 0.25) is 0 Å². The first-order valence-corrected chi connectivity index (χ1v) is 9.19. The summed E-state index contributed by atoms with van der Waals surface area (Å²) in [5, 5.41) is 0. The average molecular weight is 314 g/mol. The Hall–Kier alpha value is -1.35. The van der Waals surface area contributed by atoms with E-state index in [0.29, 0.717) is 0 Å². The summed E-state index contributed by atoms with van der Waals surface area (Å²) in [5.41, 5.74) is 2.51. The SMILES string of the molecule is CC1C[C@@H](C)CN(CCCOc2ccc(C3=NCCC3)cc2)C1. The predicted molar refractivity (Wildman–Crippen MR) is 96.6 cm³/mol. The normalized spacial score (nSPS) is 25.4. The van der Waals surface area contributed by atoms with Gasteiger partial charge in [0.25, 0.3) is 0 Å². The molecule has 0 N–H and O–H groups in total. The van der Waals surface area contributed by atoms with Gasteiger partial charge in [-0.3, -0.25) is 4.99 Å². The smallest absolute Gasteiger partial charge is 0.119 e. The highest BCUT2D eigenvalue weighted by Crippen LogP contribution is 2.21. The summed E-state index contributed by atoms with van der Waals surface area (Å²) < 4.78 is 5.90. The van der Waals surface area contributed by atoms with Crippen molar-refractivity contribution in [1.29, 1.82) is 0 Å². The number of rotatable bonds is 6. The summed E-state index contributed by atoms with van der Waals surface area (Å²) in [7, 11) is 0. The minimum atomic E-state index is 0.805. The standard InChI is InChI=1S/C20H30N2O/c1-16-13-17(2)15-22(14-16)11-4-12-23-19-8-6-18(7-9-19)20-5-3-10-21-20/h6-9,16-17H,3-5,10-15H2,1-2H3/t16-,17?/m1/s1. The zero-order chi connectivity index (χ0) is 16.1. The van der Waals surface area contributed by atoms with Gasteiger partial charge in [-0.15, -0.1) is 0 Å². The lowest BCUT2D eigenvalue weighted by atomic mass is 9.92. The summed E-state index contributed by atoms with van der Waals surface area (Å²) >= 11 is 0. The first-order valence-electron chi connectivity index (χ1n) is 9.19. The van der Waals surface area contributed by atoms with E-state index < -0.39 is 0 Å². The Kier molecular flexibility index (Phi) is 5.71. The van der Waals surface area contributed by atoms with Crippen molar-refractivity contribution in [3.8, 4) is 5.75 Å². The highest BCUT2D eigenvalue weighted by atomic mass is 16.5. The Balaban J connectivity index is 1.39. The number of nitrogens with zero attached hydrogens (tertiary/aromatic N) is 2. The summed E-state index contributed by atoms with van der Waals surface area (Å²) in [6.07, 6.45) is 4.80. The van der Waals surface area contributed by atoms with Gasteiger partial charge in [-0.1, -0.05) is 13.8 Å². The molecule has 2 aliphatic rings. The van der Waals surface area contributed by atoms with Crippen LogP contribution in [0.4, 0.5) is 0 Å². The van der Waals surface area contributed by atoms with Gasteiger partial charge >= 0.3 is 0 Å². The molecule has 3 rings (SSSR count). The molecule has 0 spiro atoms. The van der Waals surface area contributed by atoms with Gasteiger partial charge in [0.1, 0.15) is 5.75 Å². The van der Waals surface area contributed by atoms with Crippen LogP contribution in [0.25, 0.3) is 0 Å².